The summed E-state index contributed by atoms with van der Waals surface area (Å²) in [4.78, 5) is 13.5. The van der Waals surface area contributed by atoms with Crippen molar-refractivity contribution in [3.8, 4) is 0 Å². The van der Waals surface area contributed by atoms with Crippen LogP contribution in [0.1, 0.15) is 28.8 Å². The Morgan fingerprint density at radius 3 is 2.76 bits per heavy atom. The normalized spacial score (nSPS) is 19.9. The molecule has 7 heteroatoms. The molecule has 0 aromatic carbocycles. The lowest BCUT2D eigenvalue weighted by Crippen LogP contribution is -2.45. The first-order valence-electron chi connectivity index (χ1n) is 7.09. The van der Waals surface area contributed by atoms with Crippen molar-refractivity contribution in [2.75, 3.05) is 19.3 Å². The van der Waals surface area contributed by atoms with E-state index >= 15 is 0 Å². The van der Waals surface area contributed by atoms with E-state index < -0.39 is 16.1 Å². The third-order valence-electron chi connectivity index (χ3n) is 4.01. The van der Waals surface area contributed by atoms with Gasteiger partial charge < -0.3 is 5.32 Å². The summed E-state index contributed by atoms with van der Waals surface area (Å²) in [6.45, 7) is 5.17. The minimum absolute atomic E-state index is 0.178. The molecule has 0 bridgehead atoms. The summed E-state index contributed by atoms with van der Waals surface area (Å²) >= 11 is 1.72. The standard InChI is InChI=1S/C14H22N2O3S2/c1-10-11(2)20-9-12(10)6-7-15-14(17)13-5-4-8-16(13)21(3,18)19/h9,13H,4-8H2,1-3H3,(H,15,17). The van der Waals surface area contributed by atoms with Crippen LogP contribution in [0.3, 0.4) is 0 Å². The zero-order valence-corrected chi connectivity index (χ0v) is 14.3. The summed E-state index contributed by atoms with van der Waals surface area (Å²) in [5, 5.41) is 4.99. The summed E-state index contributed by atoms with van der Waals surface area (Å²) in [5.41, 5.74) is 2.54. The average Bonchev–Trinajstić information content (AvgIpc) is 3.00. The van der Waals surface area contributed by atoms with Crippen molar-refractivity contribution in [1.29, 1.82) is 0 Å². The maximum Gasteiger partial charge on any atom is 0.238 e. The maximum absolute atomic E-state index is 12.2. The fourth-order valence-corrected chi connectivity index (χ4v) is 4.69. The molecule has 5 nitrogen and oxygen atoms in total. The number of thiophene rings is 1. The van der Waals surface area contributed by atoms with Crippen LogP contribution in [0.2, 0.25) is 0 Å². The molecule has 0 radical (unpaired) electrons. The molecule has 1 aromatic heterocycles. The fourth-order valence-electron chi connectivity index (χ4n) is 2.65. The molecule has 1 saturated heterocycles. The van der Waals surface area contributed by atoms with Gasteiger partial charge in [0.1, 0.15) is 6.04 Å². The summed E-state index contributed by atoms with van der Waals surface area (Å²) in [6, 6.07) is -0.537. The molecule has 1 aliphatic rings. The number of carbonyl (C=O) groups excluding carboxylic acids is 1. The van der Waals surface area contributed by atoms with Gasteiger partial charge >= 0.3 is 0 Å². The molecule has 1 aliphatic heterocycles. The Labute approximate surface area is 130 Å². The van der Waals surface area contributed by atoms with Crippen molar-refractivity contribution in [2.45, 2.75) is 39.2 Å². The van der Waals surface area contributed by atoms with Crippen molar-refractivity contribution in [1.82, 2.24) is 9.62 Å². The van der Waals surface area contributed by atoms with Crippen molar-refractivity contribution in [2.24, 2.45) is 0 Å². The summed E-state index contributed by atoms with van der Waals surface area (Å²) in [6.07, 6.45) is 3.30. The SMILES string of the molecule is Cc1scc(CCNC(=O)C2CCCN2S(C)(=O)=O)c1C. The Kier molecular flexibility index (Phi) is 5.06. The highest BCUT2D eigenvalue weighted by Gasteiger charge is 2.36. The van der Waals surface area contributed by atoms with Crippen molar-refractivity contribution in [3.05, 3.63) is 21.4 Å². The van der Waals surface area contributed by atoms with E-state index in [2.05, 4.69) is 24.5 Å². The molecule has 1 aromatic rings. The van der Waals surface area contributed by atoms with Crippen LogP contribution in [-0.4, -0.2) is 44.0 Å². The number of carbonyl (C=O) groups is 1. The molecule has 0 aliphatic carbocycles. The number of hydrogen-bond donors (Lipinski definition) is 1. The number of amides is 1. The molecule has 1 N–H and O–H groups in total. The molecular weight excluding hydrogens is 308 g/mol. The minimum atomic E-state index is -3.30. The van der Waals surface area contributed by atoms with Crippen molar-refractivity contribution >= 4 is 27.3 Å². The van der Waals surface area contributed by atoms with Gasteiger partial charge in [0.2, 0.25) is 15.9 Å². The van der Waals surface area contributed by atoms with E-state index in [1.165, 1.54) is 20.3 Å². The van der Waals surface area contributed by atoms with Crippen LogP contribution in [0.5, 0.6) is 0 Å². The first-order chi connectivity index (χ1) is 9.80. The van der Waals surface area contributed by atoms with Crippen LogP contribution in [0.25, 0.3) is 0 Å². The third kappa shape index (κ3) is 3.84. The van der Waals surface area contributed by atoms with Crippen LogP contribution in [0.4, 0.5) is 0 Å². The quantitative estimate of drug-likeness (QED) is 0.888. The first kappa shape index (κ1) is 16.5. The monoisotopic (exact) mass is 330 g/mol. The fraction of sp³-hybridized carbons (Fsp3) is 0.643. The van der Waals surface area contributed by atoms with Gasteiger partial charge in [-0.25, -0.2) is 8.42 Å². The predicted molar refractivity (Wildman–Crippen MR) is 85.1 cm³/mol. The Morgan fingerprint density at radius 1 is 1.48 bits per heavy atom. The van der Waals surface area contributed by atoms with Gasteiger partial charge in [-0.05, 0) is 49.6 Å². The van der Waals surface area contributed by atoms with Crippen LogP contribution in [0.15, 0.2) is 5.38 Å². The van der Waals surface area contributed by atoms with E-state index in [0.29, 0.717) is 19.5 Å². The van der Waals surface area contributed by atoms with E-state index in [9.17, 15) is 13.2 Å². The van der Waals surface area contributed by atoms with E-state index in [4.69, 9.17) is 0 Å². The molecular formula is C14H22N2O3S2. The van der Waals surface area contributed by atoms with Gasteiger partial charge in [0, 0.05) is 18.0 Å². The molecule has 2 heterocycles. The summed E-state index contributed by atoms with van der Waals surface area (Å²) < 4.78 is 24.6. The Balaban J connectivity index is 1.89. The molecule has 21 heavy (non-hydrogen) atoms. The number of aryl methyl sites for hydroxylation is 1. The van der Waals surface area contributed by atoms with Crippen LogP contribution in [0, 0.1) is 13.8 Å². The van der Waals surface area contributed by atoms with Gasteiger partial charge in [-0.3, -0.25) is 4.79 Å². The van der Waals surface area contributed by atoms with E-state index in [1.54, 1.807) is 11.3 Å². The lowest BCUT2D eigenvalue weighted by atomic mass is 10.1. The van der Waals surface area contributed by atoms with Crippen molar-refractivity contribution in [3.63, 3.8) is 0 Å². The van der Waals surface area contributed by atoms with Gasteiger partial charge in [-0.2, -0.15) is 4.31 Å². The van der Waals surface area contributed by atoms with E-state index in [0.717, 1.165) is 19.1 Å². The van der Waals surface area contributed by atoms with Gasteiger partial charge in [-0.15, -0.1) is 11.3 Å². The Bertz CT molecular complexity index is 622. The van der Waals surface area contributed by atoms with Gasteiger partial charge in [0.25, 0.3) is 0 Å². The predicted octanol–water partition coefficient (Wildman–Crippen LogP) is 1.45. The van der Waals surface area contributed by atoms with Crippen LogP contribution in [-0.2, 0) is 21.2 Å². The van der Waals surface area contributed by atoms with E-state index in [-0.39, 0.29) is 5.91 Å². The summed E-state index contributed by atoms with van der Waals surface area (Å²) in [7, 11) is -3.30. The highest BCUT2D eigenvalue weighted by Crippen LogP contribution is 2.22. The first-order valence-corrected chi connectivity index (χ1v) is 9.81. The topological polar surface area (TPSA) is 66.5 Å². The Hall–Kier alpha value is -0.920. The molecule has 1 atom stereocenters. The lowest BCUT2D eigenvalue weighted by molar-refractivity contribution is -0.124. The lowest BCUT2D eigenvalue weighted by Gasteiger charge is -2.21. The number of nitrogens with one attached hydrogen (secondary N) is 1. The highest BCUT2D eigenvalue weighted by atomic mass is 32.2. The van der Waals surface area contributed by atoms with Gasteiger partial charge in [-0.1, -0.05) is 0 Å². The average molecular weight is 330 g/mol. The molecule has 1 unspecified atom stereocenters. The molecule has 0 spiro atoms. The molecule has 0 saturated carbocycles. The maximum atomic E-state index is 12.2. The number of hydrogen-bond acceptors (Lipinski definition) is 4. The molecule has 1 fully saturated rings. The van der Waals surface area contributed by atoms with Crippen LogP contribution >= 0.6 is 11.3 Å². The second-order valence-electron chi connectivity index (χ2n) is 5.51. The number of nitrogens with zero attached hydrogens (tertiary/aromatic N) is 1. The zero-order valence-electron chi connectivity index (χ0n) is 12.7. The largest absolute Gasteiger partial charge is 0.354 e. The number of sulfonamides is 1. The highest BCUT2D eigenvalue weighted by molar-refractivity contribution is 7.88. The van der Waals surface area contributed by atoms with Crippen molar-refractivity contribution < 1.29 is 13.2 Å². The minimum Gasteiger partial charge on any atom is -0.354 e. The zero-order chi connectivity index (χ0) is 15.6. The Morgan fingerprint density at radius 2 is 2.19 bits per heavy atom. The smallest absolute Gasteiger partial charge is 0.238 e. The van der Waals surface area contributed by atoms with Crippen LogP contribution < -0.4 is 5.32 Å². The summed E-state index contributed by atoms with van der Waals surface area (Å²) in [5.74, 6) is -0.178. The molecule has 1 amide bonds. The number of rotatable bonds is 5. The van der Waals surface area contributed by atoms with Gasteiger partial charge in [0.05, 0.1) is 6.26 Å². The second kappa shape index (κ2) is 6.46. The van der Waals surface area contributed by atoms with E-state index in [1.807, 2.05) is 0 Å². The van der Waals surface area contributed by atoms with Gasteiger partial charge in [0.15, 0.2) is 0 Å². The third-order valence-corrected chi connectivity index (χ3v) is 6.36. The second-order valence-corrected chi connectivity index (χ2v) is 8.53. The molecule has 2 rings (SSSR count). The molecule has 118 valence electrons.